The SMILES string of the molecule is C.CCc1ccc(CC)cc1.COC(=O)CC[C@@H](C(N)=O)N1Cc2c(O)cccc2C1=O. The summed E-state index contributed by atoms with van der Waals surface area (Å²) in [5, 5.41) is 9.77. The molecule has 0 aromatic heterocycles. The molecular formula is C25H34N2O5. The molecule has 0 bridgehead atoms. The number of aromatic hydroxyl groups is 1. The van der Waals surface area contributed by atoms with E-state index >= 15 is 0 Å². The summed E-state index contributed by atoms with van der Waals surface area (Å²) in [5.41, 5.74) is 9.00. The molecule has 0 spiro atoms. The quantitative estimate of drug-likeness (QED) is 0.637. The molecule has 1 atom stereocenters. The number of carbonyl (C=O) groups excluding carboxylic acids is 3. The van der Waals surface area contributed by atoms with E-state index in [4.69, 9.17) is 5.73 Å². The molecule has 3 N–H and O–H groups in total. The molecular weight excluding hydrogens is 408 g/mol. The van der Waals surface area contributed by atoms with Gasteiger partial charge in [-0.05, 0) is 42.5 Å². The molecule has 2 amide bonds. The number of nitrogens with two attached hydrogens (primary N) is 1. The summed E-state index contributed by atoms with van der Waals surface area (Å²) in [6, 6.07) is 12.5. The van der Waals surface area contributed by atoms with Crippen LogP contribution in [0.15, 0.2) is 42.5 Å². The van der Waals surface area contributed by atoms with Gasteiger partial charge in [-0.1, -0.05) is 51.6 Å². The average Bonchev–Trinajstić information content (AvgIpc) is 3.11. The van der Waals surface area contributed by atoms with Crippen molar-refractivity contribution in [2.24, 2.45) is 5.73 Å². The molecule has 0 fully saturated rings. The van der Waals surface area contributed by atoms with E-state index in [2.05, 4.69) is 42.8 Å². The maximum absolute atomic E-state index is 12.3. The fourth-order valence-corrected chi connectivity index (χ4v) is 3.41. The number of hydrogen-bond acceptors (Lipinski definition) is 5. The number of esters is 1. The van der Waals surface area contributed by atoms with Crippen LogP contribution in [0.1, 0.15) is 61.2 Å². The van der Waals surface area contributed by atoms with Crippen molar-refractivity contribution < 1.29 is 24.2 Å². The van der Waals surface area contributed by atoms with Crippen molar-refractivity contribution in [3.63, 3.8) is 0 Å². The summed E-state index contributed by atoms with van der Waals surface area (Å²) in [6.07, 6.45) is 2.35. The van der Waals surface area contributed by atoms with Crippen molar-refractivity contribution in [2.45, 2.75) is 59.5 Å². The standard InChI is InChI=1S/C14H16N2O5.C10H14.CH4/c1-21-12(18)6-5-10(13(15)19)16-7-9-8(14(16)20)3-2-4-11(9)17;1-3-9-5-7-10(4-2)8-6-9;/h2-4,10,17H,5-7H2,1H3,(H2,15,19);5-8H,3-4H2,1-2H3;1H4/t10-;;/m0../s1. The van der Waals surface area contributed by atoms with Gasteiger partial charge in [0.2, 0.25) is 5.91 Å². The fourth-order valence-electron chi connectivity index (χ4n) is 3.41. The zero-order valence-corrected chi connectivity index (χ0v) is 18.3. The van der Waals surface area contributed by atoms with Gasteiger partial charge < -0.3 is 20.5 Å². The van der Waals surface area contributed by atoms with E-state index in [0.717, 1.165) is 12.8 Å². The van der Waals surface area contributed by atoms with E-state index in [-0.39, 0.29) is 38.5 Å². The second kappa shape index (κ2) is 12.5. The predicted molar refractivity (Wildman–Crippen MR) is 124 cm³/mol. The number of hydrogen-bond donors (Lipinski definition) is 2. The fraction of sp³-hybridized carbons (Fsp3) is 0.400. The number of rotatable bonds is 7. The highest BCUT2D eigenvalue weighted by atomic mass is 16.5. The van der Waals surface area contributed by atoms with Crippen LogP contribution in [0.5, 0.6) is 5.75 Å². The van der Waals surface area contributed by atoms with E-state index in [0.29, 0.717) is 11.1 Å². The maximum Gasteiger partial charge on any atom is 0.305 e. The Labute approximate surface area is 190 Å². The number of carbonyl (C=O) groups is 3. The molecule has 3 rings (SSSR count). The number of fused-ring (bicyclic) bond motifs is 1. The highest BCUT2D eigenvalue weighted by molar-refractivity contribution is 6.01. The van der Waals surface area contributed by atoms with Gasteiger partial charge in [0, 0.05) is 17.5 Å². The topological polar surface area (TPSA) is 110 Å². The zero-order chi connectivity index (χ0) is 23.0. The number of phenols is 1. The van der Waals surface area contributed by atoms with Gasteiger partial charge in [-0.2, -0.15) is 0 Å². The van der Waals surface area contributed by atoms with Gasteiger partial charge in [0.1, 0.15) is 11.8 Å². The summed E-state index contributed by atoms with van der Waals surface area (Å²) in [4.78, 5) is 36.3. The summed E-state index contributed by atoms with van der Waals surface area (Å²) in [7, 11) is 1.25. The molecule has 2 aromatic rings. The number of nitrogens with zero attached hydrogens (tertiary/aromatic N) is 1. The average molecular weight is 443 g/mol. The first-order valence-corrected chi connectivity index (χ1v) is 10.4. The van der Waals surface area contributed by atoms with Crippen LogP contribution in [0.25, 0.3) is 0 Å². The van der Waals surface area contributed by atoms with Crippen LogP contribution in [-0.2, 0) is 33.7 Å². The first-order valence-electron chi connectivity index (χ1n) is 10.4. The van der Waals surface area contributed by atoms with Gasteiger partial charge in [0.15, 0.2) is 0 Å². The van der Waals surface area contributed by atoms with Crippen molar-refractivity contribution in [1.82, 2.24) is 4.90 Å². The van der Waals surface area contributed by atoms with Crippen LogP contribution < -0.4 is 5.73 Å². The van der Waals surface area contributed by atoms with Crippen molar-refractivity contribution >= 4 is 17.8 Å². The first kappa shape index (κ1) is 26.7. The highest BCUT2D eigenvalue weighted by Crippen LogP contribution is 2.31. The number of methoxy groups -OCH3 is 1. The normalized spacial score (nSPS) is 12.7. The van der Waals surface area contributed by atoms with Crippen LogP contribution in [0.4, 0.5) is 0 Å². The van der Waals surface area contributed by atoms with Crippen molar-refractivity contribution in [3.8, 4) is 5.75 Å². The molecule has 174 valence electrons. The van der Waals surface area contributed by atoms with Gasteiger partial charge in [-0.15, -0.1) is 0 Å². The lowest BCUT2D eigenvalue weighted by molar-refractivity contribution is -0.141. The molecule has 2 aromatic carbocycles. The summed E-state index contributed by atoms with van der Waals surface area (Å²) >= 11 is 0. The molecule has 0 unspecified atom stereocenters. The summed E-state index contributed by atoms with van der Waals surface area (Å²) in [6.45, 7) is 4.46. The molecule has 0 saturated heterocycles. The monoisotopic (exact) mass is 442 g/mol. The molecule has 32 heavy (non-hydrogen) atoms. The minimum Gasteiger partial charge on any atom is -0.508 e. The van der Waals surface area contributed by atoms with Crippen LogP contribution in [0.2, 0.25) is 0 Å². The highest BCUT2D eigenvalue weighted by Gasteiger charge is 2.36. The number of amides is 2. The molecule has 7 heteroatoms. The maximum atomic E-state index is 12.3. The van der Waals surface area contributed by atoms with Gasteiger partial charge in [0.25, 0.3) is 5.91 Å². The lowest BCUT2D eigenvalue weighted by Crippen LogP contribution is -2.45. The Hall–Kier alpha value is -3.35. The molecule has 1 aliphatic heterocycles. The van der Waals surface area contributed by atoms with Gasteiger partial charge in [-0.25, -0.2) is 0 Å². The van der Waals surface area contributed by atoms with Crippen LogP contribution >= 0.6 is 0 Å². The Morgan fingerprint density at radius 2 is 1.66 bits per heavy atom. The molecule has 1 heterocycles. The first-order chi connectivity index (χ1) is 14.8. The van der Waals surface area contributed by atoms with Crippen LogP contribution in [0, 0.1) is 0 Å². The second-order valence-corrected chi connectivity index (χ2v) is 7.29. The Balaban J connectivity index is 0.000000393. The van der Waals surface area contributed by atoms with Gasteiger partial charge >= 0.3 is 5.97 Å². The van der Waals surface area contributed by atoms with Gasteiger partial charge in [0.05, 0.1) is 13.7 Å². The summed E-state index contributed by atoms with van der Waals surface area (Å²) < 4.78 is 4.52. The minimum atomic E-state index is -0.914. The molecule has 0 saturated carbocycles. The second-order valence-electron chi connectivity index (χ2n) is 7.29. The Morgan fingerprint density at radius 3 is 2.09 bits per heavy atom. The van der Waals surface area contributed by atoms with Crippen LogP contribution in [-0.4, -0.2) is 40.9 Å². The van der Waals surface area contributed by atoms with Gasteiger partial charge in [-0.3, -0.25) is 14.4 Å². The van der Waals surface area contributed by atoms with E-state index in [1.54, 1.807) is 12.1 Å². The van der Waals surface area contributed by atoms with E-state index in [9.17, 15) is 19.5 Å². The smallest absolute Gasteiger partial charge is 0.305 e. The molecule has 0 radical (unpaired) electrons. The van der Waals surface area contributed by atoms with Crippen molar-refractivity contribution in [3.05, 3.63) is 64.7 Å². The van der Waals surface area contributed by atoms with E-state index in [1.165, 1.54) is 29.2 Å². The Kier molecular flexibility index (Phi) is 10.4. The lowest BCUT2D eigenvalue weighted by atomic mass is 10.1. The van der Waals surface area contributed by atoms with Crippen molar-refractivity contribution in [2.75, 3.05) is 7.11 Å². The van der Waals surface area contributed by atoms with E-state index < -0.39 is 17.9 Å². The third kappa shape index (κ3) is 6.57. The Bertz CT molecular complexity index is 901. The largest absolute Gasteiger partial charge is 0.508 e. The predicted octanol–water partition coefficient (Wildman–Crippen LogP) is 3.60. The number of primary amides is 1. The van der Waals surface area contributed by atoms with Crippen molar-refractivity contribution in [1.29, 1.82) is 0 Å². The molecule has 0 aliphatic carbocycles. The molecule has 1 aliphatic rings. The number of ether oxygens (including phenoxy) is 1. The zero-order valence-electron chi connectivity index (χ0n) is 18.3. The Morgan fingerprint density at radius 1 is 1.09 bits per heavy atom. The molecule has 7 nitrogen and oxygen atoms in total. The van der Waals surface area contributed by atoms with E-state index in [1.807, 2.05) is 0 Å². The lowest BCUT2D eigenvalue weighted by Gasteiger charge is -2.24. The number of phenolic OH excluding ortho intramolecular Hbond substituents is 1. The number of aryl methyl sites for hydroxylation is 2. The number of benzene rings is 2. The van der Waals surface area contributed by atoms with Crippen LogP contribution in [0.3, 0.4) is 0 Å². The summed E-state index contributed by atoms with van der Waals surface area (Å²) in [5.74, 6) is -1.55. The third-order valence-corrected chi connectivity index (χ3v) is 5.36. The minimum absolute atomic E-state index is 0. The third-order valence-electron chi connectivity index (χ3n) is 5.36.